The molecular formula is C18H21N3O4. The molecule has 0 radical (unpaired) electrons. The molecule has 4 rings (SSSR count). The summed E-state index contributed by atoms with van der Waals surface area (Å²) in [5.41, 5.74) is 1.59. The molecule has 2 N–H and O–H groups in total. The van der Waals surface area contributed by atoms with E-state index in [4.69, 9.17) is 9.84 Å². The number of hydrogen-bond acceptors (Lipinski definition) is 4. The number of benzene rings is 1. The van der Waals surface area contributed by atoms with Crippen LogP contribution >= 0.6 is 0 Å². The van der Waals surface area contributed by atoms with Gasteiger partial charge in [0.1, 0.15) is 0 Å². The summed E-state index contributed by atoms with van der Waals surface area (Å²) in [6, 6.07) is 5.57. The maximum atomic E-state index is 12.7. The quantitative estimate of drug-likeness (QED) is 0.889. The maximum absolute atomic E-state index is 12.7. The molecule has 2 aliphatic rings. The molecule has 0 saturated carbocycles. The molecule has 2 atom stereocenters. The summed E-state index contributed by atoms with van der Waals surface area (Å²) in [4.78, 5) is 25.6. The van der Waals surface area contributed by atoms with Crippen molar-refractivity contribution in [1.29, 1.82) is 0 Å². The van der Waals surface area contributed by atoms with E-state index < -0.39 is 12.1 Å². The molecule has 0 bridgehead atoms. The van der Waals surface area contributed by atoms with Crippen molar-refractivity contribution in [1.82, 2.24) is 15.1 Å². The minimum Gasteiger partial charge on any atom is -0.479 e. The van der Waals surface area contributed by atoms with E-state index in [1.165, 1.54) is 0 Å². The highest BCUT2D eigenvalue weighted by atomic mass is 16.5. The highest BCUT2D eigenvalue weighted by Gasteiger charge is 2.37. The number of amides is 1. The third kappa shape index (κ3) is 3.11. The second kappa shape index (κ2) is 6.48. The number of aromatic amines is 1. The zero-order chi connectivity index (χ0) is 17.4. The summed E-state index contributed by atoms with van der Waals surface area (Å²) in [6.45, 7) is 1.37. The Bertz CT molecular complexity index is 794. The zero-order valence-electron chi connectivity index (χ0n) is 13.9. The Morgan fingerprint density at radius 2 is 2.00 bits per heavy atom. The lowest BCUT2D eigenvalue weighted by atomic mass is 9.89. The van der Waals surface area contributed by atoms with Gasteiger partial charge in [0.2, 0.25) is 0 Å². The molecule has 3 heterocycles. The van der Waals surface area contributed by atoms with Crippen LogP contribution in [0.15, 0.2) is 24.4 Å². The fourth-order valence-corrected chi connectivity index (χ4v) is 3.92. The van der Waals surface area contributed by atoms with Crippen molar-refractivity contribution in [2.45, 2.75) is 37.9 Å². The predicted octanol–water partition coefficient (Wildman–Crippen LogP) is 2.05. The molecule has 1 aromatic carbocycles. The number of carboxylic acid groups (broad SMARTS) is 1. The SMILES string of the molecule is O=C(O)[C@H]1CC[C@@H](C2CCN(C(=O)c3ccc4[nH]ncc4c3)CC2)O1. The van der Waals surface area contributed by atoms with Crippen molar-refractivity contribution in [2.75, 3.05) is 13.1 Å². The summed E-state index contributed by atoms with van der Waals surface area (Å²) in [5.74, 6) is -0.494. The first-order chi connectivity index (χ1) is 12.1. The molecule has 132 valence electrons. The molecule has 2 aliphatic heterocycles. The van der Waals surface area contributed by atoms with Gasteiger partial charge in [-0.05, 0) is 49.8 Å². The molecule has 7 nitrogen and oxygen atoms in total. The standard InChI is InChI=1S/C18H21N3O4/c22-17(12-1-2-14-13(9-12)10-19-20-14)21-7-5-11(6-8-21)15-3-4-16(25-15)18(23)24/h1-2,9-11,15-16H,3-8H2,(H,19,20)(H,23,24)/t15-,16+/m0/s1. The number of likely N-dealkylation sites (tertiary alicyclic amines) is 1. The molecular weight excluding hydrogens is 322 g/mol. The van der Waals surface area contributed by atoms with E-state index in [-0.39, 0.29) is 12.0 Å². The Balaban J connectivity index is 1.36. The van der Waals surface area contributed by atoms with Crippen molar-refractivity contribution >= 4 is 22.8 Å². The molecule has 1 aromatic heterocycles. The fraction of sp³-hybridized carbons (Fsp3) is 0.500. The molecule has 0 aliphatic carbocycles. The van der Waals surface area contributed by atoms with Gasteiger partial charge >= 0.3 is 5.97 Å². The summed E-state index contributed by atoms with van der Waals surface area (Å²) in [6.07, 6.45) is 4.17. The number of fused-ring (bicyclic) bond motifs is 1. The highest BCUT2D eigenvalue weighted by molar-refractivity contribution is 5.97. The molecule has 0 spiro atoms. The normalized spacial score (nSPS) is 24.7. The van der Waals surface area contributed by atoms with Crippen LogP contribution in [-0.2, 0) is 9.53 Å². The Morgan fingerprint density at radius 3 is 2.72 bits per heavy atom. The van der Waals surface area contributed by atoms with Crippen LogP contribution in [0.3, 0.4) is 0 Å². The summed E-state index contributed by atoms with van der Waals surface area (Å²) in [5, 5.41) is 16.8. The molecule has 25 heavy (non-hydrogen) atoms. The van der Waals surface area contributed by atoms with E-state index >= 15 is 0 Å². The topological polar surface area (TPSA) is 95.5 Å². The van der Waals surface area contributed by atoms with Crippen LogP contribution < -0.4 is 0 Å². The van der Waals surface area contributed by atoms with E-state index in [1.807, 2.05) is 23.1 Å². The maximum Gasteiger partial charge on any atom is 0.332 e. The van der Waals surface area contributed by atoms with Gasteiger partial charge in [-0.25, -0.2) is 4.79 Å². The van der Waals surface area contributed by atoms with Crippen molar-refractivity contribution in [3.8, 4) is 0 Å². The smallest absolute Gasteiger partial charge is 0.332 e. The van der Waals surface area contributed by atoms with Crippen LogP contribution in [0.2, 0.25) is 0 Å². The van der Waals surface area contributed by atoms with Gasteiger partial charge in [-0.2, -0.15) is 5.10 Å². The number of carbonyl (C=O) groups excluding carboxylic acids is 1. The summed E-state index contributed by atoms with van der Waals surface area (Å²) >= 11 is 0. The first-order valence-electron chi connectivity index (χ1n) is 8.72. The molecule has 2 fully saturated rings. The summed E-state index contributed by atoms with van der Waals surface area (Å²) < 4.78 is 5.67. The van der Waals surface area contributed by atoms with Crippen molar-refractivity contribution in [3.63, 3.8) is 0 Å². The molecule has 7 heteroatoms. The van der Waals surface area contributed by atoms with Gasteiger partial charge in [0.15, 0.2) is 6.10 Å². The Hall–Kier alpha value is -2.41. The number of rotatable bonds is 3. The van der Waals surface area contributed by atoms with E-state index in [1.54, 1.807) is 6.20 Å². The number of ether oxygens (including phenoxy) is 1. The number of hydrogen-bond donors (Lipinski definition) is 2. The Morgan fingerprint density at radius 1 is 1.20 bits per heavy atom. The van der Waals surface area contributed by atoms with Gasteiger partial charge in [0.05, 0.1) is 17.8 Å². The average molecular weight is 343 g/mol. The van der Waals surface area contributed by atoms with Crippen molar-refractivity contribution in [3.05, 3.63) is 30.0 Å². The number of aliphatic carboxylic acids is 1. The first kappa shape index (κ1) is 16.1. The number of nitrogens with one attached hydrogen (secondary N) is 1. The second-order valence-electron chi connectivity index (χ2n) is 6.88. The van der Waals surface area contributed by atoms with Gasteiger partial charge in [0, 0.05) is 24.0 Å². The second-order valence-corrected chi connectivity index (χ2v) is 6.88. The molecule has 2 saturated heterocycles. The number of H-pyrrole nitrogens is 1. The number of piperidine rings is 1. The lowest BCUT2D eigenvalue weighted by Crippen LogP contribution is -2.41. The van der Waals surface area contributed by atoms with Gasteiger partial charge < -0.3 is 14.7 Å². The third-order valence-electron chi connectivity index (χ3n) is 5.37. The zero-order valence-corrected chi connectivity index (χ0v) is 13.9. The van der Waals surface area contributed by atoms with Crippen LogP contribution in [0, 0.1) is 5.92 Å². The average Bonchev–Trinajstić information content (AvgIpc) is 3.30. The predicted molar refractivity (Wildman–Crippen MR) is 90.3 cm³/mol. The molecule has 1 amide bonds. The lowest BCUT2D eigenvalue weighted by molar-refractivity contribution is -0.150. The summed E-state index contributed by atoms with van der Waals surface area (Å²) in [7, 11) is 0. The van der Waals surface area contributed by atoms with Crippen LogP contribution in [0.4, 0.5) is 0 Å². The van der Waals surface area contributed by atoms with Gasteiger partial charge in [0.25, 0.3) is 5.91 Å². The fourth-order valence-electron chi connectivity index (χ4n) is 3.92. The van der Waals surface area contributed by atoms with E-state index in [9.17, 15) is 9.59 Å². The minimum atomic E-state index is -0.871. The first-order valence-corrected chi connectivity index (χ1v) is 8.72. The van der Waals surface area contributed by atoms with Crippen molar-refractivity contribution in [2.24, 2.45) is 5.92 Å². The lowest BCUT2D eigenvalue weighted by Gasteiger charge is -2.34. The van der Waals surface area contributed by atoms with E-state index in [0.29, 0.717) is 31.0 Å². The number of carboxylic acids is 1. The van der Waals surface area contributed by atoms with Crippen LogP contribution in [0.1, 0.15) is 36.0 Å². The number of aromatic nitrogens is 2. The third-order valence-corrected chi connectivity index (χ3v) is 5.37. The van der Waals surface area contributed by atoms with Gasteiger partial charge in [-0.1, -0.05) is 0 Å². The van der Waals surface area contributed by atoms with Gasteiger partial charge in [-0.15, -0.1) is 0 Å². The molecule has 2 aromatic rings. The largest absolute Gasteiger partial charge is 0.479 e. The number of nitrogens with zero attached hydrogens (tertiary/aromatic N) is 2. The Kier molecular flexibility index (Phi) is 4.17. The monoisotopic (exact) mass is 343 g/mol. The van der Waals surface area contributed by atoms with Crippen LogP contribution in [0.25, 0.3) is 10.9 Å². The van der Waals surface area contributed by atoms with Crippen LogP contribution in [-0.4, -0.2) is 57.4 Å². The van der Waals surface area contributed by atoms with Crippen LogP contribution in [0.5, 0.6) is 0 Å². The Labute approximate surface area is 145 Å². The van der Waals surface area contributed by atoms with Crippen molar-refractivity contribution < 1.29 is 19.4 Å². The minimum absolute atomic E-state index is 0.0145. The van der Waals surface area contributed by atoms with E-state index in [0.717, 1.165) is 30.2 Å². The van der Waals surface area contributed by atoms with Gasteiger partial charge in [-0.3, -0.25) is 9.89 Å². The molecule has 0 unspecified atom stereocenters. The highest BCUT2D eigenvalue weighted by Crippen LogP contribution is 2.32. The van der Waals surface area contributed by atoms with E-state index in [2.05, 4.69) is 10.2 Å². The number of carbonyl (C=O) groups is 2.